The minimum absolute atomic E-state index is 0.0856. The number of aromatic nitrogens is 2. The van der Waals surface area contributed by atoms with Gasteiger partial charge >= 0.3 is 5.63 Å². The predicted molar refractivity (Wildman–Crippen MR) is 99.7 cm³/mol. The summed E-state index contributed by atoms with van der Waals surface area (Å²) in [5.41, 5.74) is -0.622. The van der Waals surface area contributed by atoms with Crippen molar-refractivity contribution in [3.05, 3.63) is 63.9 Å². The van der Waals surface area contributed by atoms with Crippen molar-refractivity contribution in [2.45, 2.75) is 31.5 Å². The maximum atomic E-state index is 12.5. The highest BCUT2D eigenvalue weighted by atomic mass is 35.5. The third-order valence-electron chi connectivity index (χ3n) is 4.90. The average Bonchev–Trinajstić information content (AvgIpc) is 3.25. The number of hydrogen-bond acceptors (Lipinski definition) is 5. The number of carbonyl (C=O) groups excluding carboxylic acids is 1. The van der Waals surface area contributed by atoms with Gasteiger partial charge in [0, 0.05) is 24.0 Å². The molecular weight excluding hydrogens is 370 g/mol. The molecule has 3 aromatic rings. The van der Waals surface area contributed by atoms with Gasteiger partial charge in [0.15, 0.2) is 5.76 Å². The van der Waals surface area contributed by atoms with Crippen molar-refractivity contribution in [3.8, 4) is 0 Å². The fourth-order valence-electron chi connectivity index (χ4n) is 3.60. The van der Waals surface area contributed by atoms with E-state index in [9.17, 15) is 14.7 Å². The van der Waals surface area contributed by atoms with Gasteiger partial charge in [0.05, 0.1) is 17.5 Å². The Morgan fingerprint density at radius 3 is 3.00 bits per heavy atom. The zero-order chi connectivity index (χ0) is 19.0. The van der Waals surface area contributed by atoms with E-state index in [-0.39, 0.29) is 11.7 Å². The Hall–Kier alpha value is -2.64. The Labute approximate surface area is 159 Å². The van der Waals surface area contributed by atoms with E-state index >= 15 is 0 Å². The molecule has 27 heavy (non-hydrogen) atoms. The normalized spacial score (nSPS) is 22.2. The summed E-state index contributed by atoms with van der Waals surface area (Å²) in [5, 5.41) is 18.6. The number of amides is 1. The van der Waals surface area contributed by atoms with Crippen LogP contribution in [0.15, 0.2) is 51.9 Å². The quantitative estimate of drug-likeness (QED) is 0.715. The molecule has 4 rings (SSSR count). The second-order valence-corrected chi connectivity index (χ2v) is 7.28. The zero-order valence-corrected chi connectivity index (χ0v) is 15.1. The van der Waals surface area contributed by atoms with Gasteiger partial charge in [-0.15, -0.1) is 0 Å². The van der Waals surface area contributed by atoms with Gasteiger partial charge in [0.25, 0.3) is 5.91 Å². The molecule has 0 radical (unpaired) electrons. The first kappa shape index (κ1) is 17.8. The number of benzene rings is 1. The third kappa shape index (κ3) is 3.74. The lowest BCUT2D eigenvalue weighted by Crippen LogP contribution is -2.40. The van der Waals surface area contributed by atoms with Gasteiger partial charge in [0.1, 0.15) is 0 Å². The van der Waals surface area contributed by atoms with E-state index in [2.05, 4.69) is 10.4 Å². The Morgan fingerprint density at radius 2 is 2.22 bits per heavy atom. The number of nitrogens with zero attached hydrogens (tertiary/aromatic N) is 2. The van der Waals surface area contributed by atoms with Crippen LogP contribution >= 0.6 is 11.6 Å². The first-order valence-corrected chi connectivity index (χ1v) is 9.07. The molecule has 1 amide bonds. The molecule has 0 aliphatic heterocycles. The van der Waals surface area contributed by atoms with E-state index in [1.54, 1.807) is 18.3 Å². The molecule has 1 aliphatic rings. The minimum Gasteiger partial charge on any atom is -0.417 e. The van der Waals surface area contributed by atoms with Crippen LogP contribution in [0.4, 0.5) is 0 Å². The van der Waals surface area contributed by atoms with E-state index in [4.69, 9.17) is 16.0 Å². The molecule has 2 heterocycles. The van der Waals surface area contributed by atoms with E-state index in [1.807, 2.05) is 16.9 Å². The van der Waals surface area contributed by atoms with Gasteiger partial charge in [-0.2, -0.15) is 5.10 Å². The molecule has 0 spiro atoms. The Kier molecular flexibility index (Phi) is 4.72. The summed E-state index contributed by atoms with van der Waals surface area (Å²) in [7, 11) is 0. The lowest BCUT2D eigenvalue weighted by molar-refractivity contribution is 0.0842. The second-order valence-electron chi connectivity index (χ2n) is 6.84. The number of aliphatic hydroxyl groups excluding tert-OH is 1. The SMILES string of the molecule is O=C(N[C@@H]1CC(Cn2cccn2)C[C@H]1O)c1cc2ccc(Cl)cc2c(=O)o1. The van der Waals surface area contributed by atoms with Crippen LogP contribution in [0.2, 0.25) is 5.02 Å². The van der Waals surface area contributed by atoms with Crippen LogP contribution in [0.3, 0.4) is 0 Å². The highest BCUT2D eigenvalue weighted by Crippen LogP contribution is 2.28. The maximum Gasteiger partial charge on any atom is 0.344 e. The fraction of sp³-hybridized carbons (Fsp3) is 0.316. The van der Waals surface area contributed by atoms with Crippen molar-refractivity contribution < 1.29 is 14.3 Å². The summed E-state index contributed by atoms with van der Waals surface area (Å²) in [6.45, 7) is 0.683. The number of nitrogens with one attached hydrogen (secondary N) is 1. The highest BCUT2D eigenvalue weighted by molar-refractivity contribution is 6.31. The van der Waals surface area contributed by atoms with Gasteiger partial charge in [-0.1, -0.05) is 17.7 Å². The Morgan fingerprint density at radius 1 is 1.37 bits per heavy atom. The largest absolute Gasteiger partial charge is 0.417 e. The number of carbonyl (C=O) groups is 1. The molecule has 1 aromatic carbocycles. The van der Waals surface area contributed by atoms with Crippen molar-refractivity contribution in [2.75, 3.05) is 0 Å². The fourth-order valence-corrected chi connectivity index (χ4v) is 3.78. The van der Waals surface area contributed by atoms with Gasteiger partial charge in [0.2, 0.25) is 0 Å². The number of halogens is 1. The second kappa shape index (κ2) is 7.17. The molecule has 0 bridgehead atoms. The lowest BCUT2D eigenvalue weighted by Gasteiger charge is -2.16. The van der Waals surface area contributed by atoms with Crippen molar-refractivity contribution >= 4 is 28.3 Å². The molecule has 2 aromatic heterocycles. The molecule has 7 nitrogen and oxygen atoms in total. The van der Waals surface area contributed by atoms with Crippen LogP contribution in [-0.4, -0.2) is 32.9 Å². The summed E-state index contributed by atoms with van der Waals surface area (Å²) < 4.78 is 6.96. The summed E-state index contributed by atoms with van der Waals surface area (Å²) in [6.07, 6.45) is 4.12. The summed E-state index contributed by atoms with van der Waals surface area (Å²) in [4.78, 5) is 24.7. The van der Waals surface area contributed by atoms with Crippen molar-refractivity contribution in [3.63, 3.8) is 0 Å². The topological polar surface area (TPSA) is 97.4 Å². The van der Waals surface area contributed by atoms with Crippen LogP contribution in [0.25, 0.3) is 10.8 Å². The first-order chi connectivity index (χ1) is 13.0. The van der Waals surface area contributed by atoms with Crippen LogP contribution in [0.5, 0.6) is 0 Å². The van der Waals surface area contributed by atoms with E-state index in [1.165, 1.54) is 12.1 Å². The smallest absolute Gasteiger partial charge is 0.344 e. The number of hydrogen-bond donors (Lipinski definition) is 2. The molecule has 1 unspecified atom stereocenters. The first-order valence-electron chi connectivity index (χ1n) is 8.69. The van der Waals surface area contributed by atoms with Crippen molar-refractivity contribution in [2.24, 2.45) is 5.92 Å². The molecule has 1 fully saturated rings. The summed E-state index contributed by atoms with van der Waals surface area (Å²) >= 11 is 5.89. The van der Waals surface area contributed by atoms with E-state index in [0.29, 0.717) is 35.2 Å². The van der Waals surface area contributed by atoms with Crippen LogP contribution in [-0.2, 0) is 6.54 Å². The predicted octanol–water partition coefficient (Wildman–Crippen LogP) is 2.21. The number of aliphatic hydroxyl groups is 1. The summed E-state index contributed by atoms with van der Waals surface area (Å²) in [6, 6.07) is 7.76. The molecule has 1 saturated carbocycles. The third-order valence-corrected chi connectivity index (χ3v) is 5.13. The monoisotopic (exact) mass is 387 g/mol. The number of fused-ring (bicyclic) bond motifs is 1. The lowest BCUT2D eigenvalue weighted by atomic mass is 10.1. The van der Waals surface area contributed by atoms with Crippen molar-refractivity contribution in [1.29, 1.82) is 0 Å². The maximum absolute atomic E-state index is 12.5. The molecular formula is C19H18ClN3O4. The van der Waals surface area contributed by atoms with Crippen LogP contribution in [0, 0.1) is 5.92 Å². The molecule has 3 atom stereocenters. The molecule has 140 valence electrons. The number of rotatable bonds is 4. The summed E-state index contributed by atoms with van der Waals surface area (Å²) in [5.74, 6) is -0.402. The standard InChI is InChI=1S/C19H18ClN3O4/c20-13-3-2-12-8-17(27-19(26)14(12)9-13)18(25)22-15-6-11(7-16(15)24)10-23-5-1-4-21-23/h1-5,8-9,11,15-16,24H,6-7,10H2,(H,22,25)/t11?,15-,16-/m1/s1. The Balaban J connectivity index is 1.48. The molecule has 1 aliphatic carbocycles. The highest BCUT2D eigenvalue weighted by Gasteiger charge is 2.34. The molecule has 8 heteroatoms. The minimum atomic E-state index is -0.652. The van der Waals surface area contributed by atoms with Gasteiger partial charge in [-0.3, -0.25) is 9.48 Å². The van der Waals surface area contributed by atoms with E-state index in [0.717, 1.165) is 0 Å². The van der Waals surface area contributed by atoms with Gasteiger partial charge in [-0.05, 0) is 48.4 Å². The van der Waals surface area contributed by atoms with Gasteiger partial charge < -0.3 is 14.8 Å². The molecule has 2 N–H and O–H groups in total. The average molecular weight is 388 g/mol. The molecule has 0 saturated heterocycles. The van der Waals surface area contributed by atoms with Crippen LogP contribution < -0.4 is 10.9 Å². The van der Waals surface area contributed by atoms with E-state index < -0.39 is 23.7 Å². The zero-order valence-electron chi connectivity index (χ0n) is 14.3. The van der Waals surface area contributed by atoms with Crippen molar-refractivity contribution in [1.82, 2.24) is 15.1 Å². The van der Waals surface area contributed by atoms with Gasteiger partial charge in [-0.25, -0.2) is 4.79 Å². The Bertz CT molecular complexity index is 1030. The van der Waals surface area contributed by atoms with Crippen LogP contribution in [0.1, 0.15) is 23.4 Å².